The summed E-state index contributed by atoms with van der Waals surface area (Å²) in [5.41, 5.74) is 7.49. The zero-order chi connectivity index (χ0) is 9.26. The minimum absolute atomic E-state index is 0.588. The van der Waals surface area contributed by atoms with E-state index in [1.54, 1.807) is 0 Å². The van der Waals surface area contributed by atoms with Crippen molar-refractivity contribution in [1.82, 2.24) is 15.0 Å². The highest BCUT2D eigenvalue weighted by atomic mass is 14.9. The number of nitrogens with one attached hydrogen (secondary N) is 1. The van der Waals surface area contributed by atoms with Crippen LogP contribution in [0.25, 0.3) is 11.0 Å². The summed E-state index contributed by atoms with van der Waals surface area (Å²) >= 11 is 0. The topological polar surface area (TPSA) is 67.6 Å². The molecule has 68 valence electrons. The lowest BCUT2D eigenvalue weighted by atomic mass is 10.3. The summed E-state index contributed by atoms with van der Waals surface area (Å²) in [6, 6.07) is 0. The zero-order valence-corrected chi connectivity index (χ0v) is 7.54. The quantitative estimate of drug-likeness (QED) is 0.710. The van der Waals surface area contributed by atoms with Gasteiger partial charge >= 0.3 is 0 Å². The van der Waals surface area contributed by atoms with Crippen molar-refractivity contribution in [1.29, 1.82) is 0 Å². The number of aromatic amines is 1. The number of aromatic nitrogens is 3. The highest BCUT2D eigenvalue weighted by molar-refractivity contribution is 5.78. The van der Waals surface area contributed by atoms with Gasteiger partial charge in [0.2, 0.25) is 0 Å². The normalized spacial score (nSPS) is 10.9. The molecule has 0 saturated carbocycles. The van der Waals surface area contributed by atoms with Crippen LogP contribution in [0.4, 0.5) is 0 Å². The third kappa shape index (κ3) is 1.40. The van der Waals surface area contributed by atoms with E-state index in [2.05, 4.69) is 15.0 Å². The Labute approximate surface area is 76.2 Å². The molecule has 13 heavy (non-hydrogen) atoms. The van der Waals surface area contributed by atoms with Crippen LogP contribution in [0.15, 0.2) is 12.4 Å². The second-order valence-corrected chi connectivity index (χ2v) is 3.06. The van der Waals surface area contributed by atoms with Crippen LogP contribution >= 0.6 is 0 Å². The van der Waals surface area contributed by atoms with E-state index >= 15 is 0 Å². The number of hydrogen-bond donors (Lipinski definition) is 2. The van der Waals surface area contributed by atoms with Gasteiger partial charge in [0, 0.05) is 24.2 Å². The summed E-state index contributed by atoms with van der Waals surface area (Å²) in [5.74, 6) is 0.803. The van der Waals surface area contributed by atoms with E-state index in [9.17, 15) is 0 Å². The van der Waals surface area contributed by atoms with Gasteiger partial charge in [-0.25, -0.2) is 9.97 Å². The molecule has 2 aromatic rings. The summed E-state index contributed by atoms with van der Waals surface area (Å²) in [4.78, 5) is 11.7. The van der Waals surface area contributed by atoms with Gasteiger partial charge in [0.25, 0.3) is 0 Å². The Morgan fingerprint density at radius 1 is 1.54 bits per heavy atom. The summed E-state index contributed by atoms with van der Waals surface area (Å²) < 4.78 is 0. The monoisotopic (exact) mass is 176 g/mol. The molecule has 0 aromatic carbocycles. The van der Waals surface area contributed by atoms with Crippen LogP contribution < -0.4 is 5.73 Å². The number of hydrogen-bond acceptors (Lipinski definition) is 3. The zero-order valence-electron chi connectivity index (χ0n) is 7.54. The van der Waals surface area contributed by atoms with Gasteiger partial charge in [0.05, 0.1) is 0 Å². The summed E-state index contributed by atoms with van der Waals surface area (Å²) in [7, 11) is 0. The lowest BCUT2D eigenvalue weighted by Gasteiger charge is -1.96. The van der Waals surface area contributed by atoms with Gasteiger partial charge in [-0.1, -0.05) is 0 Å². The van der Waals surface area contributed by atoms with Crippen molar-refractivity contribution in [3.63, 3.8) is 0 Å². The molecule has 0 aliphatic heterocycles. The SMILES string of the molecule is Cc1c[nH]c2nc(CCN)ncc12. The maximum atomic E-state index is 5.42. The van der Waals surface area contributed by atoms with Gasteiger partial charge in [-0.05, 0) is 19.0 Å². The Bertz CT molecular complexity index is 418. The van der Waals surface area contributed by atoms with Crippen LogP contribution in [0.3, 0.4) is 0 Å². The van der Waals surface area contributed by atoms with Crippen molar-refractivity contribution in [2.75, 3.05) is 6.54 Å². The molecule has 0 fully saturated rings. The summed E-state index contributed by atoms with van der Waals surface area (Å²) in [6.07, 6.45) is 4.51. The Morgan fingerprint density at radius 3 is 3.15 bits per heavy atom. The fourth-order valence-electron chi connectivity index (χ4n) is 1.32. The first-order chi connectivity index (χ1) is 6.31. The molecular weight excluding hydrogens is 164 g/mol. The predicted octanol–water partition coefficient (Wildman–Crippen LogP) is 0.768. The fraction of sp³-hybridized carbons (Fsp3) is 0.333. The van der Waals surface area contributed by atoms with Crippen LogP contribution in [0.2, 0.25) is 0 Å². The van der Waals surface area contributed by atoms with Crippen LogP contribution in [-0.2, 0) is 6.42 Å². The van der Waals surface area contributed by atoms with E-state index in [1.807, 2.05) is 19.3 Å². The average molecular weight is 176 g/mol. The molecule has 0 bridgehead atoms. The first-order valence-electron chi connectivity index (χ1n) is 4.31. The Hall–Kier alpha value is -1.42. The predicted molar refractivity (Wildman–Crippen MR) is 51.4 cm³/mol. The summed E-state index contributed by atoms with van der Waals surface area (Å²) in [6.45, 7) is 2.62. The Morgan fingerprint density at radius 2 is 2.38 bits per heavy atom. The second-order valence-electron chi connectivity index (χ2n) is 3.06. The smallest absolute Gasteiger partial charge is 0.141 e. The van der Waals surface area contributed by atoms with Crippen molar-refractivity contribution < 1.29 is 0 Å². The van der Waals surface area contributed by atoms with E-state index in [1.165, 1.54) is 5.56 Å². The molecule has 0 aliphatic rings. The van der Waals surface area contributed by atoms with Crippen molar-refractivity contribution in [3.05, 3.63) is 23.8 Å². The molecule has 3 N–H and O–H groups in total. The lowest BCUT2D eigenvalue weighted by molar-refractivity contribution is 0.877. The van der Waals surface area contributed by atoms with Crippen molar-refractivity contribution in [3.8, 4) is 0 Å². The first-order valence-corrected chi connectivity index (χ1v) is 4.31. The van der Waals surface area contributed by atoms with Crippen LogP contribution in [0.1, 0.15) is 11.4 Å². The maximum Gasteiger partial charge on any atom is 0.141 e. The van der Waals surface area contributed by atoms with Crippen LogP contribution in [0.5, 0.6) is 0 Å². The molecule has 2 heterocycles. The fourth-order valence-corrected chi connectivity index (χ4v) is 1.32. The van der Waals surface area contributed by atoms with Gasteiger partial charge in [0.15, 0.2) is 0 Å². The number of nitrogens with zero attached hydrogens (tertiary/aromatic N) is 2. The van der Waals surface area contributed by atoms with E-state index < -0.39 is 0 Å². The van der Waals surface area contributed by atoms with Crippen molar-refractivity contribution >= 4 is 11.0 Å². The molecule has 0 aliphatic carbocycles. The van der Waals surface area contributed by atoms with Crippen molar-refractivity contribution in [2.45, 2.75) is 13.3 Å². The second kappa shape index (κ2) is 3.14. The van der Waals surface area contributed by atoms with Crippen molar-refractivity contribution in [2.24, 2.45) is 5.73 Å². The van der Waals surface area contributed by atoms with Gasteiger partial charge in [-0.15, -0.1) is 0 Å². The van der Waals surface area contributed by atoms with E-state index in [0.717, 1.165) is 23.3 Å². The molecular formula is C9H12N4. The molecule has 0 unspecified atom stereocenters. The Balaban J connectivity index is 2.50. The molecule has 2 rings (SSSR count). The van der Waals surface area contributed by atoms with Gasteiger partial charge in [0.1, 0.15) is 11.5 Å². The van der Waals surface area contributed by atoms with Crippen LogP contribution in [0, 0.1) is 6.92 Å². The highest BCUT2D eigenvalue weighted by Gasteiger charge is 2.02. The third-order valence-corrected chi connectivity index (χ3v) is 2.06. The molecule has 0 amide bonds. The van der Waals surface area contributed by atoms with E-state index in [0.29, 0.717) is 6.54 Å². The van der Waals surface area contributed by atoms with Gasteiger partial charge in [-0.3, -0.25) is 0 Å². The minimum Gasteiger partial charge on any atom is -0.346 e. The molecule has 0 spiro atoms. The lowest BCUT2D eigenvalue weighted by Crippen LogP contribution is -2.06. The maximum absolute atomic E-state index is 5.42. The number of aryl methyl sites for hydroxylation is 1. The highest BCUT2D eigenvalue weighted by Crippen LogP contribution is 2.13. The largest absolute Gasteiger partial charge is 0.346 e. The third-order valence-electron chi connectivity index (χ3n) is 2.06. The molecule has 4 heteroatoms. The Kier molecular flexibility index (Phi) is 1.98. The van der Waals surface area contributed by atoms with Gasteiger partial charge < -0.3 is 10.7 Å². The van der Waals surface area contributed by atoms with Crippen LogP contribution in [-0.4, -0.2) is 21.5 Å². The molecule has 4 nitrogen and oxygen atoms in total. The van der Waals surface area contributed by atoms with E-state index in [4.69, 9.17) is 5.73 Å². The number of H-pyrrole nitrogens is 1. The molecule has 2 aromatic heterocycles. The molecule has 0 saturated heterocycles. The minimum atomic E-state index is 0.588. The van der Waals surface area contributed by atoms with Gasteiger partial charge in [-0.2, -0.15) is 0 Å². The molecule has 0 atom stereocenters. The molecule has 0 radical (unpaired) electrons. The standard InChI is InChI=1S/C9H12N4/c1-6-4-12-9-7(6)5-11-8(13-9)2-3-10/h4-5H,2-3,10H2,1H3,(H,11,12,13). The first kappa shape index (κ1) is 8.19. The number of rotatable bonds is 2. The number of nitrogens with two attached hydrogens (primary N) is 1. The average Bonchev–Trinajstić information content (AvgIpc) is 2.48. The van der Waals surface area contributed by atoms with E-state index in [-0.39, 0.29) is 0 Å². The number of fused-ring (bicyclic) bond motifs is 1. The summed E-state index contributed by atoms with van der Waals surface area (Å²) in [5, 5.41) is 1.08.